The number of fused-ring (bicyclic) bond motifs is 1. The van der Waals surface area contributed by atoms with Crippen LogP contribution in [0.2, 0.25) is 0 Å². The summed E-state index contributed by atoms with van der Waals surface area (Å²) >= 11 is 1.39. The van der Waals surface area contributed by atoms with Gasteiger partial charge in [-0.1, -0.05) is 13.8 Å². The summed E-state index contributed by atoms with van der Waals surface area (Å²) in [5.41, 5.74) is 0.695. The van der Waals surface area contributed by atoms with Crippen LogP contribution < -0.4 is 10.6 Å². The first-order chi connectivity index (χ1) is 12.1. The Morgan fingerprint density at radius 3 is 2.60 bits per heavy atom. The smallest absolute Gasteiger partial charge is 0.348 e. The fourth-order valence-corrected chi connectivity index (χ4v) is 3.40. The number of nitrogens with one attached hydrogen (secondary N) is 2. The largest absolute Gasteiger partial charge is 0.462 e. The zero-order valence-electron chi connectivity index (χ0n) is 14.9. The van der Waals surface area contributed by atoms with Crippen LogP contribution in [0.25, 0.3) is 10.1 Å². The average Bonchev–Trinajstić information content (AvgIpc) is 3.02. The van der Waals surface area contributed by atoms with Crippen LogP contribution in [0.4, 0.5) is 10.5 Å². The Morgan fingerprint density at radius 1 is 1.16 bits per heavy atom. The van der Waals surface area contributed by atoms with Gasteiger partial charge in [0.25, 0.3) is 0 Å². The Kier molecular flexibility index (Phi) is 7.21. The number of ether oxygens (including phenoxy) is 1. The molecule has 0 unspecified atom stereocenters. The summed E-state index contributed by atoms with van der Waals surface area (Å²) in [6.45, 7) is 9.71. The van der Waals surface area contributed by atoms with Crippen molar-refractivity contribution in [3.05, 3.63) is 29.1 Å². The third kappa shape index (κ3) is 5.44. The number of urea groups is 1. The first-order valence-corrected chi connectivity index (χ1v) is 9.36. The lowest BCUT2D eigenvalue weighted by atomic mass is 10.2. The lowest BCUT2D eigenvalue weighted by Crippen LogP contribution is -2.36. The van der Waals surface area contributed by atoms with Crippen LogP contribution in [0.3, 0.4) is 0 Å². The number of benzene rings is 1. The third-order valence-corrected chi connectivity index (χ3v) is 4.95. The van der Waals surface area contributed by atoms with Gasteiger partial charge in [0.05, 0.1) is 6.61 Å². The van der Waals surface area contributed by atoms with Crippen LogP contribution in [0, 0.1) is 0 Å². The molecule has 1 heterocycles. The predicted octanol–water partition coefficient (Wildman–Crippen LogP) is 3.54. The van der Waals surface area contributed by atoms with E-state index in [0.717, 1.165) is 29.7 Å². The first kappa shape index (κ1) is 19.2. The molecule has 136 valence electrons. The number of anilines is 1. The molecule has 1 aromatic heterocycles. The van der Waals surface area contributed by atoms with E-state index >= 15 is 0 Å². The molecule has 2 aromatic rings. The van der Waals surface area contributed by atoms with Gasteiger partial charge in [-0.2, -0.15) is 0 Å². The second kappa shape index (κ2) is 9.39. The molecule has 0 aliphatic heterocycles. The molecule has 1 aromatic carbocycles. The van der Waals surface area contributed by atoms with E-state index in [0.29, 0.717) is 23.7 Å². The third-order valence-electron chi connectivity index (χ3n) is 3.86. The molecule has 0 spiro atoms. The Hall–Kier alpha value is -2.12. The number of amides is 2. The zero-order chi connectivity index (χ0) is 18.2. The number of carbonyl (C=O) groups is 2. The molecule has 25 heavy (non-hydrogen) atoms. The highest BCUT2D eigenvalue weighted by molar-refractivity contribution is 7.20. The van der Waals surface area contributed by atoms with Crippen LogP contribution >= 0.6 is 11.3 Å². The van der Waals surface area contributed by atoms with Gasteiger partial charge in [-0.3, -0.25) is 0 Å². The summed E-state index contributed by atoms with van der Waals surface area (Å²) in [6, 6.07) is 7.15. The van der Waals surface area contributed by atoms with Gasteiger partial charge in [-0.15, -0.1) is 11.3 Å². The molecule has 0 radical (unpaired) electrons. The van der Waals surface area contributed by atoms with E-state index in [2.05, 4.69) is 29.4 Å². The van der Waals surface area contributed by atoms with E-state index in [1.807, 2.05) is 18.2 Å². The van der Waals surface area contributed by atoms with Crippen molar-refractivity contribution in [1.29, 1.82) is 0 Å². The maximum atomic E-state index is 12.0. The SMILES string of the molecule is CCOC(=O)c1cc2cc(NC(=O)NCCN(CC)CC)ccc2s1. The molecule has 0 bridgehead atoms. The van der Waals surface area contributed by atoms with Gasteiger partial charge < -0.3 is 20.3 Å². The molecule has 0 fully saturated rings. The standard InChI is InChI=1S/C18H25N3O3S/c1-4-21(5-2)10-9-19-18(23)20-14-7-8-15-13(11-14)12-16(25-15)17(22)24-6-3/h7-8,11-12H,4-6,9-10H2,1-3H3,(H2,19,20,23). The van der Waals surface area contributed by atoms with Gasteiger partial charge in [0.1, 0.15) is 4.88 Å². The van der Waals surface area contributed by atoms with Crippen LogP contribution in [-0.2, 0) is 4.74 Å². The number of nitrogens with zero attached hydrogens (tertiary/aromatic N) is 1. The van der Waals surface area contributed by atoms with E-state index in [1.165, 1.54) is 11.3 Å². The van der Waals surface area contributed by atoms with Crippen molar-refractivity contribution in [3.8, 4) is 0 Å². The minimum absolute atomic E-state index is 0.229. The van der Waals surface area contributed by atoms with Gasteiger partial charge >= 0.3 is 12.0 Å². The topological polar surface area (TPSA) is 70.7 Å². The normalized spacial score (nSPS) is 10.9. The first-order valence-electron chi connectivity index (χ1n) is 8.55. The fourth-order valence-electron chi connectivity index (χ4n) is 2.47. The number of carbonyl (C=O) groups excluding carboxylic acids is 2. The Labute approximate surface area is 152 Å². The fraction of sp³-hybridized carbons (Fsp3) is 0.444. The lowest BCUT2D eigenvalue weighted by Gasteiger charge is -2.18. The zero-order valence-corrected chi connectivity index (χ0v) is 15.7. The van der Waals surface area contributed by atoms with Gasteiger partial charge in [0.2, 0.25) is 0 Å². The number of hydrogen-bond acceptors (Lipinski definition) is 5. The molecular formula is C18H25N3O3S. The van der Waals surface area contributed by atoms with Crippen molar-refractivity contribution in [2.75, 3.05) is 38.1 Å². The van der Waals surface area contributed by atoms with Crippen molar-refractivity contribution in [2.45, 2.75) is 20.8 Å². The van der Waals surface area contributed by atoms with Crippen molar-refractivity contribution in [1.82, 2.24) is 10.2 Å². The van der Waals surface area contributed by atoms with Crippen LogP contribution in [0.15, 0.2) is 24.3 Å². The van der Waals surface area contributed by atoms with Gasteiger partial charge in [0, 0.05) is 23.5 Å². The molecule has 7 heteroatoms. The summed E-state index contributed by atoms with van der Waals surface area (Å²) in [5.74, 6) is -0.313. The summed E-state index contributed by atoms with van der Waals surface area (Å²) in [6.07, 6.45) is 0. The molecule has 2 rings (SSSR count). The Balaban J connectivity index is 1.94. The summed E-state index contributed by atoms with van der Waals surface area (Å²) in [4.78, 5) is 26.6. The van der Waals surface area contributed by atoms with E-state index in [4.69, 9.17) is 4.74 Å². The number of thiophene rings is 1. The van der Waals surface area contributed by atoms with Crippen molar-refractivity contribution in [2.24, 2.45) is 0 Å². The van der Waals surface area contributed by atoms with Crippen molar-refractivity contribution >= 4 is 39.1 Å². The summed E-state index contributed by atoms with van der Waals surface area (Å²) in [7, 11) is 0. The quantitative estimate of drug-likeness (QED) is 0.704. The molecule has 0 aliphatic carbocycles. The highest BCUT2D eigenvalue weighted by Crippen LogP contribution is 2.28. The molecule has 0 atom stereocenters. The minimum Gasteiger partial charge on any atom is -0.462 e. The second-order valence-electron chi connectivity index (χ2n) is 5.49. The summed E-state index contributed by atoms with van der Waals surface area (Å²) < 4.78 is 6.00. The number of likely N-dealkylation sites (N-methyl/N-ethyl adjacent to an activating group) is 1. The van der Waals surface area contributed by atoms with Gasteiger partial charge in [-0.25, -0.2) is 9.59 Å². The number of rotatable bonds is 8. The monoisotopic (exact) mass is 363 g/mol. The molecule has 0 saturated heterocycles. The van der Waals surface area contributed by atoms with Crippen molar-refractivity contribution in [3.63, 3.8) is 0 Å². The number of hydrogen-bond donors (Lipinski definition) is 2. The average molecular weight is 363 g/mol. The van der Waals surface area contributed by atoms with E-state index < -0.39 is 0 Å². The van der Waals surface area contributed by atoms with Crippen LogP contribution in [0.1, 0.15) is 30.4 Å². The van der Waals surface area contributed by atoms with Gasteiger partial charge in [-0.05, 0) is 49.7 Å². The van der Waals surface area contributed by atoms with E-state index in [-0.39, 0.29) is 12.0 Å². The maximum Gasteiger partial charge on any atom is 0.348 e. The second-order valence-corrected chi connectivity index (χ2v) is 6.58. The highest BCUT2D eigenvalue weighted by atomic mass is 32.1. The van der Waals surface area contributed by atoms with Gasteiger partial charge in [0.15, 0.2) is 0 Å². The number of esters is 1. The summed E-state index contributed by atoms with van der Waals surface area (Å²) in [5, 5.41) is 6.59. The minimum atomic E-state index is -0.313. The lowest BCUT2D eigenvalue weighted by molar-refractivity contribution is 0.0532. The Bertz CT molecular complexity index is 725. The van der Waals surface area contributed by atoms with Crippen LogP contribution in [-0.4, -0.2) is 49.7 Å². The molecular weight excluding hydrogens is 338 g/mol. The van der Waals surface area contributed by atoms with E-state index in [9.17, 15) is 9.59 Å². The Morgan fingerprint density at radius 2 is 1.92 bits per heavy atom. The maximum absolute atomic E-state index is 12.0. The molecule has 6 nitrogen and oxygen atoms in total. The van der Waals surface area contributed by atoms with Crippen molar-refractivity contribution < 1.29 is 14.3 Å². The van der Waals surface area contributed by atoms with Crippen LogP contribution in [0.5, 0.6) is 0 Å². The molecule has 0 saturated carbocycles. The molecule has 2 amide bonds. The predicted molar refractivity (Wildman–Crippen MR) is 103 cm³/mol. The highest BCUT2D eigenvalue weighted by Gasteiger charge is 2.12. The molecule has 0 aliphatic rings. The molecule has 2 N–H and O–H groups in total. The van der Waals surface area contributed by atoms with E-state index in [1.54, 1.807) is 13.0 Å².